The van der Waals surface area contributed by atoms with E-state index in [0.29, 0.717) is 12.4 Å². The van der Waals surface area contributed by atoms with Crippen molar-refractivity contribution >= 4 is 17.7 Å². The number of thioether (sulfide) groups is 1. The standard InChI is InChI=1S/C14H17NO3S/c16-11-3-1-2-4-12(11)18-9-13-15(7-8-19-13)14(17)10-5-6-10/h1-4,10,13,16H,5-9H2. The molecule has 0 radical (unpaired) electrons. The summed E-state index contributed by atoms with van der Waals surface area (Å²) in [6.07, 6.45) is 2.07. The largest absolute Gasteiger partial charge is 0.504 e. The van der Waals surface area contributed by atoms with Crippen molar-refractivity contribution in [3.63, 3.8) is 0 Å². The molecule has 1 atom stereocenters. The van der Waals surface area contributed by atoms with Crippen LogP contribution < -0.4 is 4.74 Å². The van der Waals surface area contributed by atoms with Crippen molar-refractivity contribution in [2.75, 3.05) is 18.9 Å². The first-order valence-corrected chi connectivity index (χ1v) is 7.63. The second-order valence-corrected chi connectivity index (χ2v) is 6.20. The van der Waals surface area contributed by atoms with Gasteiger partial charge in [0.1, 0.15) is 12.0 Å². The van der Waals surface area contributed by atoms with Crippen LogP contribution in [0.25, 0.3) is 0 Å². The zero-order valence-corrected chi connectivity index (χ0v) is 11.4. The Bertz CT molecular complexity index is 476. The molecule has 1 N–H and O–H groups in total. The predicted molar refractivity (Wildman–Crippen MR) is 74.3 cm³/mol. The fourth-order valence-corrected chi connectivity index (χ4v) is 3.34. The number of nitrogens with zero attached hydrogens (tertiary/aromatic N) is 1. The number of phenols is 1. The first kappa shape index (κ1) is 12.7. The molecule has 0 bridgehead atoms. The Morgan fingerprint density at radius 1 is 1.42 bits per heavy atom. The molecule has 2 aliphatic rings. The van der Waals surface area contributed by atoms with Crippen LogP contribution in [-0.4, -0.2) is 40.2 Å². The van der Waals surface area contributed by atoms with Gasteiger partial charge in [-0.15, -0.1) is 11.8 Å². The Labute approximate surface area is 116 Å². The maximum Gasteiger partial charge on any atom is 0.226 e. The molecule has 1 amide bonds. The second kappa shape index (κ2) is 5.33. The lowest BCUT2D eigenvalue weighted by molar-refractivity contribution is -0.133. The van der Waals surface area contributed by atoms with Crippen LogP contribution >= 0.6 is 11.8 Å². The molecule has 1 saturated carbocycles. The smallest absolute Gasteiger partial charge is 0.226 e. The molecule has 2 fully saturated rings. The minimum Gasteiger partial charge on any atom is -0.504 e. The summed E-state index contributed by atoms with van der Waals surface area (Å²) in [7, 11) is 0. The Kier molecular flexibility index (Phi) is 3.55. The molecule has 1 saturated heterocycles. The molecule has 1 aliphatic carbocycles. The Hall–Kier alpha value is -1.36. The lowest BCUT2D eigenvalue weighted by Crippen LogP contribution is -2.39. The molecule has 0 aromatic heterocycles. The number of rotatable bonds is 4. The van der Waals surface area contributed by atoms with Gasteiger partial charge < -0.3 is 14.7 Å². The number of aromatic hydroxyl groups is 1. The Morgan fingerprint density at radius 3 is 2.95 bits per heavy atom. The van der Waals surface area contributed by atoms with Gasteiger partial charge in [0.15, 0.2) is 11.5 Å². The van der Waals surface area contributed by atoms with E-state index in [9.17, 15) is 9.90 Å². The number of hydrogen-bond donors (Lipinski definition) is 1. The number of amides is 1. The monoisotopic (exact) mass is 279 g/mol. The highest BCUT2D eigenvalue weighted by atomic mass is 32.2. The quantitative estimate of drug-likeness (QED) is 0.917. The summed E-state index contributed by atoms with van der Waals surface area (Å²) in [5.41, 5.74) is 0. The third-order valence-corrected chi connectivity index (χ3v) is 4.64. The number of ether oxygens (including phenoxy) is 1. The van der Waals surface area contributed by atoms with Crippen LogP contribution in [0.5, 0.6) is 11.5 Å². The van der Waals surface area contributed by atoms with Gasteiger partial charge in [0.25, 0.3) is 0 Å². The van der Waals surface area contributed by atoms with Crippen molar-refractivity contribution in [1.29, 1.82) is 0 Å². The molecular weight excluding hydrogens is 262 g/mol. The molecule has 19 heavy (non-hydrogen) atoms. The van der Waals surface area contributed by atoms with Crippen LogP contribution in [0.2, 0.25) is 0 Å². The summed E-state index contributed by atoms with van der Waals surface area (Å²) in [5, 5.41) is 9.72. The van der Waals surface area contributed by atoms with E-state index in [1.807, 2.05) is 11.0 Å². The molecule has 1 aromatic carbocycles. The maximum atomic E-state index is 12.1. The van der Waals surface area contributed by atoms with E-state index < -0.39 is 0 Å². The summed E-state index contributed by atoms with van der Waals surface area (Å²) in [4.78, 5) is 14.0. The van der Waals surface area contributed by atoms with E-state index in [0.717, 1.165) is 25.1 Å². The van der Waals surface area contributed by atoms with Crippen LogP contribution in [0.15, 0.2) is 24.3 Å². The summed E-state index contributed by atoms with van der Waals surface area (Å²) >= 11 is 1.75. The molecule has 4 nitrogen and oxygen atoms in total. The zero-order chi connectivity index (χ0) is 13.2. The number of benzene rings is 1. The lowest BCUT2D eigenvalue weighted by Gasteiger charge is -2.24. The SMILES string of the molecule is O=C(C1CC1)N1CCSC1COc1ccccc1O. The van der Waals surface area contributed by atoms with Crippen LogP contribution in [0, 0.1) is 5.92 Å². The second-order valence-electron chi connectivity index (χ2n) is 4.91. The number of carbonyl (C=O) groups excluding carboxylic acids is 1. The summed E-state index contributed by atoms with van der Waals surface area (Å²) in [6, 6.07) is 6.92. The van der Waals surface area contributed by atoms with Crippen molar-refractivity contribution in [3.8, 4) is 11.5 Å². The predicted octanol–water partition coefficient (Wildman–Crippen LogP) is 2.08. The highest BCUT2D eigenvalue weighted by molar-refractivity contribution is 8.00. The summed E-state index contributed by atoms with van der Waals surface area (Å²) < 4.78 is 5.64. The normalized spacial score (nSPS) is 22.5. The van der Waals surface area contributed by atoms with Gasteiger partial charge in [-0.1, -0.05) is 12.1 Å². The van der Waals surface area contributed by atoms with Crippen LogP contribution in [0.4, 0.5) is 0 Å². The van der Waals surface area contributed by atoms with Gasteiger partial charge in [0.2, 0.25) is 5.91 Å². The fraction of sp³-hybridized carbons (Fsp3) is 0.500. The van der Waals surface area contributed by atoms with E-state index in [4.69, 9.17) is 4.74 Å². The van der Waals surface area contributed by atoms with Gasteiger partial charge in [-0.3, -0.25) is 4.79 Å². The van der Waals surface area contributed by atoms with Crippen molar-refractivity contribution < 1.29 is 14.6 Å². The van der Waals surface area contributed by atoms with E-state index in [1.165, 1.54) is 0 Å². The first-order valence-electron chi connectivity index (χ1n) is 6.58. The van der Waals surface area contributed by atoms with E-state index in [2.05, 4.69) is 0 Å². The highest BCUT2D eigenvalue weighted by Gasteiger charge is 2.38. The molecule has 3 rings (SSSR count). The van der Waals surface area contributed by atoms with Gasteiger partial charge in [-0.25, -0.2) is 0 Å². The van der Waals surface area contributed by atoms with Crippen LogP contribution in [0.1, 0.15) is 12.8 Å². The zero-order valence-electron chi connectivity index (χ0n) is 10.6. The molecule has 1 heterocycles. The number of carbonyl (C=O) groups is 1. The number of para-hydroxylation sites is 2. The van der Waals surface area contributed by atoms with Gasteiger partial charge in [0, 0.05) is 18.2 Å². The van der Waals surface area contributed by atoms with Gasteiger partial charge in [-0.05, 0) is 25.0 Å². The van der Waals surface area contributed by atoms with Gasteiger partial charge in [-0.2, -0.15) is 0 Å². The third-order valence-electron chi connectivity index (χ3n) is 3.45. The van der Waals surface area contributed by atoms with Gasteiger partial charge in [0.05, 0.1) is 0 Å². The lowest BCUT2D eigenvalue weighted by atomic mass is 10.3. The van der Waals surface area contributed by atoms with E-state index in [-0.39, 0.29) is 22.9 Å². The third kappa shape index (κ3) is 2.81. The molecular formula is C14H17NO3S. The Morgan fingerprint density at radius 2 is 2.21 bits per heavy atom. The summed E-state index contributed by atoms with van der Waals surface area (Å²) in [5.74, 6) is 2.12. The molecule has 5 heteroatoms. The van der Waals surface area contributed by atoms with E-state index >= 15 is 0 Å². The van der Waals surface area contributed by atoms with Crippen molar-refractivity contribution in [2.24, 2.45) is 5.92 Å². The number of hydrogen-bond acceptors (Lipinski definition) is 4. The van der Waals surface area contributed by atoms with Crippen molar-refractivity contribution in [2.45, 2.75) is 18.2 Å². The van der Waals surface area contributed by atoms with Crippen LogP contribution in [0.3, 0.4) is 0 Å². The van der Waals surface area contributed by atoms with E-state index in [1.54, 1.807) is 30.0 Å². The van der Waals surface area contributed by atoms with Crippen molar-refractivity contribution in [1.82, 2.24) is 4.90 Å². The first-order chi connectivity index (χ1) is 9.25. The highest BCUT2D eigenvalue weighted by Crippen LogP contribution is 2.35. The minimum absolute atomic E-state index is 0.0766. The average molecular weight is 279 g/mol. The van der Waals surface area contributed by atoms with Crippen molar-refractivity contribution in [3.05, 3.63) is 24.3 Å². The Balaban J connectivity index is 1.59. The minimum atomic E-state index is 0.0766. The van der Waals surface area contributed by atoms with Crippen LogP contribution in [-0.2, 0) is 4.79 Å². The van der Waals surface area contributed by atoms with Gasteiger partial charge >= 0.3 is 0 Å². The molecule has 102 valence electrons. The topological polar surface area (TPSA) is 49.8 Å². The summed E-state index contributed by atoms with van der Waals surface area (Å²) in [6.45, 7) is 1.25. The maximum absolute atomic E-state index is 12.1. The average Bonchev–Trinajstić information content (AvgIpc) is 3.16. The number of phenolic OH excluding ortho intramolecular Hbond substituents is 1. The molecule has 1 unspecified atom stereocenters. The molecule has 1 aliphatic heterocycles. The molecule has 0 spiro atoms. The molecule has 1 aromatic rings. The fourth-order valence-electron chi connectivity index (χ4n) is 2.22.